The minimum absolute atomic E-state index is 0.0947. The minimum Gasteiger partial charge on any atom is -0.388 e. The zero-order chi connectivity index (χ0) is 16.2. The fourth-order valence-electron chi connectivity index (χ4n) is 2.53. The SMILES string of the molecule is CC(CC(O)c1ccc(F)cc1)NCc1cnc2ncccn12. The van der Waals surface area contributed by atoms with Crippen LogP contribution in [0.15, 0.2) is 48.9 Å². The van der Waals surface area contributed by atoms with Crippen molar-refractivity contribution in [3.8, 4) is 0 Å². The van der Waals surface area contributed by atoms with E-state index in [9.17, 15) is 9.50 Å². The molecule has 2 aromatic heterocycles. The highest BCUT2D eigenvalue weighted by atomic mass is 19.1. The lowest BCUT2D eigenvalue weighted by Gasteiger charge is -2.18. The summed E-state index contributed by atoms with van der Waals surface area (Å²) in [5, 5.41) is 13.6. The number of rotatable bonds is 6. The van der Waals surface area contributed by atoms with Crippen molar-refractivity contribution < 1.29 is 9.50 Å². The monoisotopic (exact) mass is 314 g/mol. The number of halogens is 1. The van der Waals surface area contributed by atoms with Crippen LogP contribution in [0.4, 0.5) is 4.39 Å². The summed E-state index contributed by atoms with van der Waals surface area (Å²) in [6, 6.07) is 7.91. The van der Waals surface area contributed by atoms with E-state index in [1.807, 2.05) is 23.6 Å². The second-order valence-corrected chi connectivity index (χ2v) is 5.62. The first-order valence-corrected chi connectivity index (χ1v) is 7.57. The summed E-state index contributed by atoms with van der Waals surface area (Å²) in [5.74, 6) is 0.372. The molecular weight excluding hydrogens is 295 g/mol. The fraction of sp³-hybridized carbons (Fsp3) is 0.294. The van der Waals surface area contributed by atoms with Gasteiger partial charge in [-0.25, -0.2) is 14.4 Å². The molecule has 0 bridgehead atoms. The Morgan fingerprint density at radius 2 is 2.04 bits per heavy atom. The first-order chi connectivity index (χ1) is 11.1. The van der Waals surface area contributed by atoms with Crippen molar-refractivity contribution in [2.45, 2.75) is 32.0 Å². The molecule has 0 aliphatic carbocycles. The van der Waals surface area contributed by atoms with E-state index in [0.717, 1.165) is 11.3 Å². The van der Waals surface area contributed by atoms with Crippen molar-refractivity contribution in [1.82, 2.24) is 19.7 Å². The topological polar surface area (TPSA) is 62.5 Å². The summed E-state index contributed by atoms with van der Waals surface area (Å²) in [7, 11) is 0. The van der Waals surface area contributed by atoms with Crippen LogP contribution >= 0.6 is 0 Å². The number of aliphatic hydroxyl groups is 1. The number of aliphatic hydroxyl groups excluding tert-OH is 1. The van der Waals surface area contributed by atoms with Crippen molar-refractivity contribution in [2.75, 3.05) is 0 Å². The highest BCUT2D eigenvalue weighted by Crippen LogP contribution is 2.18. The van der Waals surface area contributed by atoms with Gasteiger partial charge < -0.3 is 10.4 Å². The molecule has 2 N–H and O–H groups in total. The molecule has 3 rings (SSSR count). The third-order valence-electron chi connectivity index (χ3n) is 3.83. The number of fused-ring (bicyclic) bond motifs is 1. The van der Waals surface area contributed by atoms with E-state index in [1.54, 1.807) is 24.5 Å². The Morgan fingerprint density at radius 3 is 2.83 bits per heavy atom. The van der Waals surface area contributed by atoms with Crippen LogP contribution in [0.3, 0.4) is 0 Å². The van der Waals surface area contributed by atoms with Gasteiger partial charge in [-0.05, 0) is 37.1 Å². The van der Waals surface area contributed by atoms with Gasteiger partial charge in [0.2, 0.25) is 5.78 Å². The molecule has 0 spiro atoms. The van der Waals surface area contributed by atoms with Crippen molar-refractivity contribution in [1.29, 1.82) is 0 Å². The van der Waals surface area contributed by atoms with Crippen molar-refractivity contribution in [3.05, 3.63) is 66.0 Å². The standard InChI is InChI=1S/C17H19FN4O/c1-12(9-16(23)13-3-5-14(18)6-4-13)20-10-15-11-21-17-19-7-2-8-22(15)17/h2-8,11-12,16,20,23H,9-10H2,1H3. The van der Waals surface area contributed by atoms with Crippen LogP contribution in [0.25, 0.3) is 5.78 Å². The van der Waals surface area contributed by atoms with Crippen molar-refractivity contribution in [3.63, 3.8) is 0 Å². The lowest BCUT2D eigenvalue weighted by molar-refractivity contribution is 0.153. The maximum Gasteiger partial charge on any atom is 0.233 e. The zero-order valence-electron chi connectivity index (χ0n) is 12.9. The first-order valence-electron chi connectivity index (χ1n) is 7.57. The molecule has 0 aliphatic rings. The van der Waals surface area contributed by atoms with Gasteiger partial charge in [0, 0.05) is 25.0 Å². The van der Waals surface area contributed by atoms with Gasteiger partial charge in [0.15, 0.2) is 0 Å². The Labute approximate surface area is 133 Å². The molecule has 23 heavy (non-hydrogen) atoms. The highest BCUT2D eigenvalue weighted by molar-refractivity contribution is 5.30. The number of hydrogen-bond acceptors (Lipinski definition) is 4. The normalized spacial score (nSPS) is 14.0. The Kier molecular flexibility index (Phi) is 4.64. The minimum atomic E-state index is -0.623. The van der Waals surface area contributed by atoms with Gasteiger partial charge in [-0.15, -0.1) is 0 Å². The number of aromatic nitrogens is 3. The van der Waals surface area contributed by atoms with Crippen LogP contribution in [-0.2, 0) is 6.54 Å². The van der Waals surface area contributed by atoms with E-state index < -0.39 is 6.10 Å². The van der Waals surface area contributed by atoms with Crippen molar-refractivity contribution >= 4 is 5.78 Å². The number of benzene rings is 1. The first kappa shape index (κ1) is 15.6. The molecule has 0 saturated carbocycles. The van der Waals surface area contributed by atoms with E-state index in [0.29, 0.717) is 18.7 Å². The van der Waals surface area contributed by atoms with Crippen LogP contribution < -0.4 is 5.32 Å². The smallest absolute Gasteiger partial charge is 0.233 e. The third kappa shape index (κ3) is 3.72. The van der Waals surface area contributed by atoms with Gasteiger partial charge in [0.05, 0.1) is 18.0 Å². The number of nitrogens with one attached hydrogen (secondary N) is 1. The van der Waals surface area contributed by atoms with Crippen LogP contribution in [0.2, 0.25) is 0 Å². The summed E-state index contributed by atoms with van der Waals surface area (Å²) in [4.78, 5) is 8.42. The summed E-state index contributed by atoms with van der Waals surface area (Å²) in [6.45, 7) is 2.64. The lowest BCUT2D eigenvalue weighted by Crippen LogP contribution is -2.28. The second-order valence-electron chi connectivity index (χ2n) is 5.62. The number of imidazole rings is 1. The fourth-order valence-corrected chi connectivity index (χ4v) is 2.53. The van der Waals surface area contributed by atoms with Gasteiger partial charge >= 0.3 is 0 Å². The van der Waals surface area contributed by atoms with E-state index in [2.05, 4.69) is 15.3 Å². The summed E-state index contributed by atoms with van der Waals surface area (Å²) in [6.07, 6.45) is 5.34. The summed E-state index contributed by atoms with van der Waals surface area (Å²) in [5.41, 5.74) is 1.73. The van der Waals surface area contributed by atoms with Crippen molar-refractivity contribution in [2.24, 2.45) is 0 Å². The average Bonchev–Trinajstić information content (AvgIpc) is 2.97. The molecular formula is C17H19FN4O. The van der Waals surface area contributed by atoms with Gasteiger partial charge in [0.25, 0.3) is 0 Å². The van der Waals surface area contributed by atoms with E-state index >= 15 is 0 Å². The molecule has 6 heteroatoms. The molecule has 2 heterocycles. The Morgan fingerprint density at radius 1 is 1.26 bits per heavy atom. The Balaban J connectivity index is 1.57. The molecule has 120 valence electrons. The maximum atomic E-state index is 12.9. The molecule has 1 aromatic carbocycles. The molecule has 3 aromatic rings. The quantitative estimate of drug-likeness (QED) is 0.734. The number of hydrogen-bond donors (Lipinski definition) is 2. The molecule has 0 radical (unpaired) electrons. The highest BCUT2D eigenvalue weighted by Gasteiger charge is 2.13. The van der Waals surface area contributed by atoms with Gasteiger partial charge in [-0.2, -0.15) is 0 Å². The molecule has 5 nitrogen and oxygen atoms in total. The molecule has 2 unspecified atom stereocenters. The molecule has 0 saturated heterocycles. The van der Waals surface area contributed by atoms with E-state index in [1.165, 1.54) is 12.1 Å². The van der Waals surface area contributed by atoms with Crippen LogP contribution in [0, 0.1) is 5.82 Å². The number of nitrogens with zero attached hydrogens (tertiary/aromatic N) is 3. The Bertz CT molecular complexity index is 772. The molecule has 0 fully saturated rings. The lowest BCUT2D eigenvalue weighted by atomic mass is 10.0. The Hall–Kier alpha value is -2.31. The maximum absolute atomic E-state index is 12.9. The van der Waals surface area contributed by atoms with Crippen LogP contribution in [0.5, 0.6) is 0 Å². The van der Waals surface area contributed by atoms with Crippen LogP contribution in [0.1, 0.15) is 30.7 Å². The van der Waals surface area contributed by atoms with E-state index in [4.69, 9.17) is 0 Å². The largest absolute Gasteiger partial charge is 0.388 e. The van der Waals surface area contributed by atoms with Gasteiger partial charge in [-0.3, -0.25) is 4.40 Å². The van der Waals surface area contributed by atoms with E-state index in [-0.39, 0.29) is 11.9 Å². The molecule has 0 aliphatic heterocycles. The van der Waals surface area contributed by atoms with Gasteiger partial charge in [-0.1, -0.05) is 12.1 Å². The third-order valence-corrected chi connectivity index (χ3v) is 3.83. The average molecular weight is 314 g/mol. The van der Waals surface area contributed by atoms with Crippen LogP contribution in [-0.4, -0.2) is 25.5 Å². The zero-order valence-corrected chi connectivity index (χ0v) is 12.9. The summed E-state index contributed by atoms with van der Waals surface area (Å²) >= 11 is 0. The predicted molar refractivity (Wildman–Crippen MR) is 85.3 cm³/mol. The second kappa shape index (κ2) is 6.85. The summed E-state index contributed by atoms with van der Waals surface area (Å²) < 4.78 is 14.8. The van der Waals surface area contributed by atoms with Gasteiger partial charge in [0.1, 0.15) is 5.82 Å². The molecule has 0 amide bonds. The molecule has 2 atom stereocenters. The predicted octanol–water partition coefficient (Wildman–Crippen LogP) is 2.47.